The van der Waals surface area contributed by atoms with Gasteiger partial charge in [-0.1, -0.05) is 12.1 Å². The molecule has 0 radical (unpaired) electrons. The number of hydrogen-bond donors (Lipinski definition) is 1. The standard InChI is InChI=1S/C18H20N6O/c1-13-10-17(22-18(21-13)15-4-2-3-5-16(15)25)23-8-6-14(7-9-23)24-11-19-20-12-24/h2-5,10-12,14,25H,6-9H2,1H3. The third-order valence-corrected chi connectivity index (χ3v) is 4.63. The van der Waals surface area contributed by atoms with Crippen molar-refractivity contribution in [1.29, 1.82) is 0 Å². The number of aromatic hydroxyl groups is 1. The van der Waals surface area contributed by atoms with Crippen molar-refractivity contribution in [3.8, 4) is 17.1 Å². The Hall–Kier alpha value is -2.96. The van der Waals surface area contributed by atoms with Crippen LogP contribution in [0.25, 0.3) is 11.4 Å². The lowest BCUT2D eigenvalue weighted by Gasteiger charge is -2.33. The Bertz CT molecular complexity index is 856. The lowest BCUT2D eigenvalue weighted by Crippen LogP contribution is -2.35. The molecule has 1 aliphatic heterocycles. The van der Waals surface area contributed by atoms with E-state index in [2.05, 4.69) is 24.6 Å². The first-order chi connectivity index (χ1) is 12.2. The Balaban J connectivity index is 1.56. The molecule has 4 rings (SSSR count). The van der Waals surface area contributed by atoms with Crippen LogP contribution in [-0.2, 0) is 0 Å². The second-order valence-electron chi connectivity index (χ2n) is 6.34. The van der Waals surface area contributed by atoms with Gasteiger partial charge >= 0.3 is 0 Å². The highest BCUT2D eigenvalue weighted by molar-refractivity contribution is 5.65. The van der Waals surface area contributed by atoms with Crippen molar-refractivity contribution < 1.29 is 5.11 Å². The molecule has 0 atom stereocenters. The van der Waals surface area contributed by atoms with E-state index < -0.39 is 0 Å². The summed E-state index contributed by atoms with van der Waals surface area (Å²) >= 11 is 0. The average Bonchev–Trinajstić information content (AvgIpc) is 3.16. The van der Waals surface area contributed by atoms with Gasteiger partial charge in [-0.25, -0.2) is 9.97 Å². The van der Waals surface area contributed by atoms with E-state index in [0.29, 0.717) is 17.4 Å². The number of para-hydroxylation sites is 1. The molecule has 0 saturated carbocycles. The van der Waals surface area contributed by atoms with Crippen LogP contribution in [-0.4, -0.2) is 42.9 Å². The van der Waals surface area contributed by atoms with E-state index in [-0.39, 0.29) is 5.75 Å². The molecule has 0 unspecified atom stereocenters. The minimum Gasteiger partial charge on any atom is -0.507 e. The fraction of sp³-hybridized carbons (Fsp3) is 0.333. The predicted octanol–water partition coefficient (Wildman–Crippen LogP) is 2.59. The average molecular weight is 336 g/mol. The van der Waals surface area contributed by atoms with Crippen LogP contribution >= 0.6 is 0 Å². The van der Waals surface area contributed by atoms with Crippen molar-refractivity contribution in [2.24, 2.45) is 0 Å². The summed E-state index contributed by atoms with van der Waals surface area (Å²) in [6, 6.07) is 9.61. The molecule has 1 saturated heterocycles. The molecule has 0 amide bonds. The molecule has 7 nitrogen and oxygen atoms in total. The van der Waals surface area contributed by atoms with Gasteiger partial charge in [-0.15, -0.1) is 10.2 Å². The van der Waals surface area contributed by atoms with Gasteiger partial charge in [0.25, 0.3) is 0 Å². The number of piperidine rings is 1. The van der Waals surface area contributed by atoms with Crippen molar-refractivity contribution in [1.82, 2.24) is 24.7 Å². The highest BCUT2D eigenvalue weighted by Crippen LogP contribution is 2.29. The zero-order valence-corrected chi connectivity index (χ0v) is 14.1. The first-order valence-corrected chi connectivity index (χ1v) is 8.44. The summed E-state index contributed by atoms with van der Waals surface area (Å²) in [5.74, 6) is 1.67. The molecule has 25 heavy (non-hydrogen) atoms. The molecule has 1 N–H and O–H groups in total. The molecule has 0 aliphatic carbocycles. The third-order valence-electron chi connectivity index (χ3n) is 4.63. The van der Waals surface area contributed by atoms with E-state index in [1.807, 2.05) is 25.1 Å². The largest absolute Gasteiger partial charge is 0.507 e. The zero-order valence-electron chi connectivity index (χ0n) is 14.1. The van der Waals surface area contributed by atoms with Crippen LogP contribution in [0.4, 0.5) is 5.82 Å². The number of hydrogen-bond acceptors (Lipinski definition) is 6. The SMILES string of the molecule is Cc1cc(N2CCC(n3cnnc3)CC2)nc(-c2ccccc2O)n1. The number of phenolic OH excluding ortho intramolecular Hbond substituents is 1. The number of benzene rings is 1. The number of aryl methyl sites for hydroxylation is 1. The minimum absolute atomic E-state index is 0.199. The third kappa shape index (κ3) is 3.17. The number of aromatic nitrogens is 5. The summed E-state index contributed by atoms with van der Waals surface area (Å²) in [7, 11) is 0. The summed E-state index contributed by atoms with van der Waals surface area (Å²) in [6.45, 7) is 3.79. The normalized spacial score (nSPS) is 15.5. The highest BCUT2D eigenvalue weighted by atomic mass is 16.3. The molecular weight excluding hydrogens is 316 g/mol. The zero-order chi connectivity index (χ0) is 17.2. The molecule has 0 spiro atoms. The summed E-state index contributed by atoms with van der Waals surface area (Å²) in [5, 5.41) is 17.9. The monoisotopic (exact) mass is 336 g/mol. The Labute approximate surface area is 146 Å². The van der Waals surface area contributed by atoms with Crippen molar-refractivity contribution in [3.05, 3.63) is 48.7 Å². The number of rotatable bonds is 3. The molecular formula is C18H20N6O. The molecule has 2 aromatic heterocycles. The maximum Gasteiger partial charge on any atom is 0.165 e. The van der Waals surface area contributed by atoms with E-state index >= 15 is 0 Å². The van der Waals surface area contributed by atoms with Crippen LogP contribution in [0.3, 0.4) is 0 Å². The highest BCUT2D eigenvalue weighted by Gasteiger charge is 2.22. The lowest BCUT2D eigenvalue weighted by molar-refractivity contribution is 0.394. The van der Waals surface area contributed by atoms with E-state index in [1.165, 1.54) is 0 Å². The van der Waals surface area contributed by atoms with E-state index in [0.717, 1.165) is 37.4 Å². The molecule has 128 valence electrons. The van der Waals surface area contributed by atoms with Crippen LogP contribution in [0, 0.1) is 6.92 Å². The summed E-state index contributed by atoms with van der Waals surface area (Å²) in [5.41, 5.74) is 1.55. The van der Waals surface area contributed by atoms with Crippen LogP contribution in [0.2, 0.25) is 0 Å². The van der Waals surface area contributed by atoms with Crippen LogP contribution in [0.1, 0.15) is 24.6 Å². The van der Waals surface area contributed by atoms with Crippen LogP contribution in [0.5, 0.6) is 5.75 Å². The minimum atomic E-state index is 0.199. The molecule has 1 aromatic carbocycles. The second-order valence-corrected chi connectivity index (χ2v) is 6.34. The van der Waals surface area contributed by atoms with Gasteiger partial charge in [-0.3, -0.25) is 0 Å². The summed E-state index contributed by atoms with van der Waals surface area (Å²) in [4.78, 5) is 11.5. The van der Waals surface area contributed by atoms with E-state index in [1.54, 1.807) is 24.8 Å². The Morgan fingerprint density at radius 2 is 1.76 bits per heavy atom. The van der Waals surface area contributed by atoms with Crippen LogP contribution < -0.4 is 4.90 Å². The first-order valence-electron chi connectivity index (χ1n) is 8.44. The van der Waals surface area contributed by atoms with Gasteiger partial charge in [-0.05, 0) is 31.9 Å². The first kappa shape index (κ1) is 15.6. The van der Waals surface area contributed by atoms with Gasteiger partial charge in [0.05, 0.1) is 5.56 Å². The van der Waals surface area contributed by atoms with Gasteiger partial charge in [0, 0.05) is 30.9 Å². The number of anilines is 1. The van der Waals surface area contributed by atoms with Crippen molar-refractivity contribution in [3.63, 3.8) is 0 Å². The molecule has 1 fully saturated rings. The van der Waals surface area contributed by atoms with E-state index in [4.69, 9.17) is 4.98 Å². The summed E-state index contributed by atoms with van der Waals surface area (Å²) in [6.07, 6.45) is 5.61. The quantitative estimate of drug-likeness (QED) is 0.792. The number of phenols is 1. The van der Waals surface area contributed by atoms with Gasteiger partial charge < -0.3 is 14.6 Å². The maximum absolute atomic E-state index is 10.1. The number of nitrogens with zero attached hydrogens (tertiary/aromatic N) is 6. The predicted molar refractivity (Wildman–Crippen MR) is 94.4 cm³/mol. The smallest absolute Gasteiger partial charge is 0.165 e. The van der Waals surface area contributed by atoms with Crippen LogP contribution in [0.15, 0.2) is 43.0 Å². The summed E-state index contributed by atoms with van der Waals surface area (Å²) < 4.78 is 2.08. The van der Waals surface area contributed by atoms with Gasteiger partial charge in [0.2, 0.25) is 0 Å². The molecule has 3 aromatic rings. The Morgan fingerprint density at radius 1 is 1.04 bits per heavy atom. The lowest BCUT2D eigenvalue weighted by atomic mass is 10.0. The van der Waals surface area contributed by atoms with Crippen molar-refractivity contribution >= 4 is 5.82 Å². The van der Waals surface area contributed by atoms with Gasteiger partial charge in [-0.2, -0.15) is 0 Å². The molecule has 0 bridgehead atoms. The fourth-order valence-electron chi connectivity index (χ4n) is 3.29. The Morgan fingerprint density at radius 3 is 2.48 bits per heavy atom. The van der Waals surface area contributed by atoms with E-state index in [9.17, 15) is 5.11 Å². The molecule has 3 heterocycles. The van der Waals surface area contributed by atoms with Gasteiger partial charge in [0.1, 0.15) is 24.2 Å². The van der Waals surface area contributed by atoms with Crippen molar-refractivity contribution in [2.45, 2.75) is 25.8 Å². The molecule has 7 heteroatoms. The second kappa shape index (κ2) is 6.51. The fourth-order valence-corrected chi connectivity index (χ4v) is 3.29. The topological polar surface area (TPSA) is 80.0 Å². The molecule has 1 aliphatic rings. The maximum atomic E-state index is 10.1. The van der Waals surface area contributed by atoms with Gasteiger partial charge in [0.15, 0.2) is 5.82 Å². The Kier molecular flexibility index (Phi) is 4.05. The van der Waals surface area contributed by atoms with Crippen molar-refractivity contribution in [2.75, 3.05) is 18.0 Å².